The second kappa shape index (κ2) is 13.8. The van der Waals surface area contributed by atoms with Crippen molar-refractivity contribution in [3.05, 3.63) is 95.8 Å². The first-order valence-electron chi connectivity index (χ1n) is 14.2. The smallest absolute Gasteiger partial charge is 0.264 e. The summed E-state index contributed by atoms with van der Waals surface area (Å²) in [5.41, 5.74) is 1.57. The van der Waals surface area contributed by atoms with Gasteiger partial charge in [0.15, 0.2) is 0 Å². The number of anilines is 1. The lowest BCUT2D eigenvalue weighted by molar-refractivity contribution is -0.140. The van der Waals surface area contributed by atoms with E-state index in [9.17, 15) is 18.0 Å². The number of nitrogens with zero attached hydrogens (tertiary/aromatic N) is 2. The minimum Gasteiger partial charge on any atom is -0.352 e. The normalized spacial score (nSPS) is 14.7. The molecule has 9 heteroatoms. The number of amides is 2. The fourth-order valence-corrected chi connectivity index (χ4v) is 6.80. The van der Waals surface area contributed by atoms with Crippen molar-refractivity contribution in [2.75, 3.05) is 10.8 Å². The summed E-state index contributed by atoms with van der Waals surface area (Å²) in [6.45, 7) is 3.21. The van der Waals surface area contributed by atoms with E-state index in [1.54, 1.807) is 18.2 Å². The molecule has 0 aliphatic heterocycles. The summed E-state index contributed by atoms with van der Waals surface area (Å²) in [5, 5.41) is 3.13. The van der Waals surface area contributed by atoms with Gasteiger partial charge in [-0.3, -0.25) is 13.9 Å². The highest BCUT2D eigenvalue weighted by atomic mass is 32.2. The molecule has 41 heavy (non-hydrogen) atoms. The van der Waals surface area contributed by atoms with Crippen molar-refractivity contribution in [1.82, 2.24) is 10.2 Å². The van der Waals surface area contributed by atoms with E-state index in [1.165, 1.54) is 35.2 Å². The molecule has 218 valence electrons. The molecule has 1 saturated carbocycles. The lowest BCUT2D eigenvalue weighted by Crippen LogP contribution is -2.54. The Bertz CT molecular complexity index is 1440. The zero-order valence-corrected chi connectivity index (χ0v) is 24.4. The molecule has 1 aliphatic carbocycles. The first-order valence-corrected chi connectivity index (χ1v) is 15.6. The van der Waals surface area contributed by atoms with Gasteiger partial charge in [-0.2, -0.15) is 0 Å². The lowest BCUT2D eigenvalue weighted by Gasteiger charge is -2.34. The summed E-state index contributed by atoms with van der Waals surface area (Å²) in [6, 6.07) is 19.9. The Balaban J connectivity index is 1.71. The Labute approximate surface area is 242 Å². The van der Waals surface area contributed by atoms with E-state index in [0.717, 1.165) is 53.6 Å². The van der Waals surface area contributed by atoms with Crippen molar-refractivity contribution >= 4 is 27.5 Å². The summed E-state index contributed by atoms with van der Waals surface area (Å²) < 4.78 is 43.4. The fraction of sp³-hybridized carbons (Fsp3) is 0.375. The topological polar surface area (TPSA) is 86.8 Å². The maximum absolute atomic E-state index is 15.0. The standard InChI is InChI=1S/C32H38FN3O4S/c1-3-29(32(38)34-26-15-6-4-7-16-26)35(22-25-14-12-13-24(2)21-25)31(37)23-36(30-20-11-10-19-28(30)33)41(39,40)27-17-8-5-9-18-27/h5,8-14,17-21,26,29H,3-4,6-7,15-16,22-23H2,1-2H3,(H,34,38). The molecule has 7 nitrogen and oxygen atoms in total. The molecule has 0 radical (unpaired) electrons. The third-order valence-electron chi connectivity index (χ3n) is 7.50. The maximum atomic E-state index is 15.0. The molecule has 0 heterocycles. The van der Waals surface area contributed by atoms with Gasteiger partial charge in [0, 0.05) is 12.6 Å². The molecule has 4 rings (SSSR count). The first kappa shape index (κ1) is 30.2. The lowest BCUT2D eigenvalue weighted by atomic mass is 9.95. The molecule has 0 bridgehead atoms. The number of hydrogen-bond acceptors (Lipinski definition) is 4. The van der Waals surface area contributed by atoms with E-state index in [4.69, 9.17) is 0 Å². The van der Waals surface area contributed by atoms with Crippen LogP contribution in [0.5, 0.6) is 0 Å². The van der Waals surface area contributed by atoms with Gasteiger partial charge in [-0.1, -0.05) is 86.3 Å². The Hall–Kier alpha value is -3.72. The van der Waals surface area contributed by atoms with Crippen LogP contribution in [0.4, 0.5) is 10.1 Å². The number of sulfonamides is 1. The van der Waals surface area contributed by atoms with E-state index in [-0.39, 0.29) is 29.1 Å². The number of nitrogens with one attached hydrogen (secondary N) is 1. The maximum Gasteiger partial charge on any atom is 0.264 e. The monoisotopic (exact) mass is 579 g/mol. The van der Waals surface area contributed by atoms with Gasteiger partial charge < -0.3 is 10.2 Å². The van der Waals surface area contributed by atoms with Gasteiger partial charge in [0.2, 0.25) is 11.8 Å². The highest BCUT2D eigenvalue weighted by Crippen LogP contribution is 2.27. The van der Waals surface area contributed by atoms with Crippen LogP contribution in [0.3, 0.4) is 0 Å². The van der Waals surface area contributed by atoms with Crippen LogP contribution in [0.2, 0.25) is 0 Å². The first-order chi connectivity index (χ1) is 19.7. The minimum absolute atomic E-state index is 0.0505. The molecule has 1 atom stereocenters. The van der Waals surface area contributed by atoms with Crippen LogP contribution in [0.15, 0.2) is 83.8 Å². The molecular formula is C32H38FN3O4S. The third-order valence-corrected chi connectivity index (χ3v) is 9.28. The van der Waals surface area contributed by atoms with Crippen molar-refractivity contribution in [1.29, 1.82) is 0 Å². The van der Waals surface area contributed by atoms with E-state index in [2.05, 4.69) is 5.32 Å². The molecule has 3 aromatic carbocycles. The number of benzene rings is 3. The van der Waals surface area contributed by atoms with Crippen molar-refractivity contribution in [2.45, 2.75) is 75.9 Å². The van der Waals surface area contributed by atoms with E-state index in [0.29, 0.717) is 6.42 Å². The van der Waals surface area contributed by atoms with E-state index in [1.807, 2.05) is 38.1 Å². The van der Waals surface area contributed by atoms with Crippen LogP contribution in [0.1, 0.15) is 56.6 Å². The number of hydrogen-bond donors (Lipinski definition) is 1. The van der Waals surface area contributed by atoms with Crippen LogP contribution in [0.25, 0.3) is 0 Å². The SMILES string of the molecule is CCC(C(=O)NC1CCCCC1)N(Cc1cccc(C)c1)C(=O)CN(c1ccccc1F)S(=O)(=O)c1ccccc1. The fourth-order valence-electron chi connectivity index (χ4n) is 5.36. The van der Waals surface area contributed by atoms with Gasteiger partial charge in [0.1, 0.15) is 18.4 Å². The van der Waals surface area contributed by atoms with Crippen molar-refractivity contribution < 1.29 is 22.4 Å². The molecule has 0 spiro atoms. The molecule has 1 aliphatic rings. The van der Waals surface area contributed by atoms with Crippen LogP contribution >= 0.6 is 0 Å². The van der Waals surface area contributed by atoms with Crippen LogP contribution in [-0.2, 0) is 26.2 Å². The largest absolute Gasteiger partial charge is 0.352 e. The quantitative estimate of drug-likeness (QED) is 0.321. The summed E-state index contributed by atoms with van der Waals surface area (Å²) in [7, 11) is -4.31. The zero-order valence-electron chi connectivity index (χ0n) is 23.6. The molecule has 3 aromatic rings. The van der Waals surface area contributed by atoms with Gasteiger partial charge in [0.05, 0.1) is 10.6 Å². The Kier molecular flexibility index (Phi) is 10.2. The number of para-hydroxylation sites is 1. The molecule has 0 aromatic heterocycles. The summed E-state index contributed by atoms with van der Waals surface area (Å²) in [5.74, 6) is -1.63. The van der Waals surface area contributed by atoms with Crippen LogP contribution < -0.4 is 9.62 Å². The highest BCUT2D eigenvalue weighted by Gasteiger charge is 2.35. The summed E-state index contributed by atoms with van der Waals surface area (Å²) in [6.07, 6.45) is 5.35. The zero-order chi connectivity index (χ0) is 29.4. The number of rotatable bonds is 11. The van der Waals surface area contributed by atoms with Gasteiger partial charge in [-0.15, -0.1) is 0 Å². The van der Waals surface area contributed by atoms with E-state index < -0.39 is 34.3 Å². The number of aryl methyl sites for hydroxylation is 1. The summed E-state index contributed by atoms with van der Waals surface area (Å²) in [4.78, 5) is 29.1. The number of carbonyl (C=O) groups is 2. The molecular weight excluding hydrogens is 541 g/mol. The molecule has 2 amide bonds. The van der Waals surface area contributed by atoms with Crippen molar-refractivity contribution in [2.24, 2.45) is 0 Å². The van der Waals surface area contributed by atoms with Gasteiger partial charge in [-0.25, -0.2) is 12.8 Å². The molecule has 1 unspecified atom stereocenters. The second-order valence-corrected chi connectivity index (χ2v) is 12.4. The van der Waals surface area contributed by atoms with Crippen LogP contribution in [0, 0.1) is 12.7 Å². The second-order valence-electron chi connectivity index (χ2n) is 10.6. The number of halogens is 1. The Morgan fingerprint density at radius 3 is 2.29 bits per heavy atom. The molecule has 0 saturated heterocycles. The van der Waals surface area contributed by atoms with Crippen LogP contribution in [-0.4, -0.2) is 43.8 Å². The van der Waals surface area contributed by atoms with Gasteiger partial charge in [-0.05, 0) is 56.0 Å². The van der Waals surface area contributed by atoms with Crippen molar-refractivity contribution in [3.8, 4) is 0 Å². The average molecular weight is 580 g/mol. The minimum atomic E-state index is -4.31. The molecule has 1 N–H and O–H groups in total. The summed E-state index contributed by atoms with van der Waals surface area (Å²) >= 11 is 0. The Morgan fingerprint density at radius 1 is 0.951 bits per heavy atom. The van der Waals surface area contributed by atoms with Gasteiger partial charge in [0.25, 0.3) is 10.0 Å². The third kappa shape index (κ3) is 7.52. The predicted molar refractivity (Wildman–Crippen MR) is 158 cm³/mol. The molecule has 1 fully saturated rings. The van der Waals surface area contributed by atoms with E-state index >= 15 is 4.39 Å². The van der Waals surface area contributed by atoms with Crippen molar-refractivity contribution in [3.63, 3.8) is 0 Å². The average Bonchev–Trinajstić information content (AvgIpc) is 2.97. The number of carbonyl (C=O) groups excluding carboxylic acids is 2. The van der Waals surface area contributed by atoms with Gasteiger partial charge >= 0.3 is 0 Å². The highest BCUT2D eigenvalue weighted by molar-refractivity contribution is 7.92. The predicted octanol–water partition coefficient (Wildman–Crippen LogP) is 5.59. The Morgan fingerprint density at radius 2 is 1.63 bits per heavy atom.